The molecule has 0 fully saturated rings. The van der Waals surface area contributed by atoms with Crippen LogP contribution in [-0.2, 0) is 4.79 Å². The maximum atomic E-state index is 12.4. The Hall–Kier alpha value is -3.19. The van der Waals surface area contributed by atoms with Gasteiger partial charge in [0.25, 0.3) is 0 Å². The van der Waals surface area contributed by atoms with E-state index < -0.39 is 0 Å². The molecule has 0 spiro atoms. The van der Waals surface area contributed by atoms with Gasteiger partial charge in [0.1, 0.15) is 11.4 Å². The number of hydrogen-bond donors (Lipinski definition) is 1. The predicted molar refractivity (Wildman–Crippen MR) is 117 cm³/mol. The molecule has 0 atom stereocenters. The third kappa shape index (κ3) is 4.30. The van der Waals surface area contributed by atoms with E-state index in [4.69, 9.17) is 0 Å². The molecule has 29 heavy (non-hydrogen) atoms. The van der Waals surface area contributed by atoms with Crippen molar-refractivity contribution < 1.29 is 4.79 Å². The van der Waals surface area contributed by atoms with Crippen LogP contribution in [0.5, 0.6) is 0 Å². The first kappa shape index (κ1) is 19.1. The molecule has 0 saturated carbocycles. The highest BCUT2D eigenvalue weighted by molar-refractivity contribution is 8.00. The van der Waals surface area contributed by atoms with Crippen LogP contribution in [0.3, 0.4) is 0 Å². The Morgan fingerprint density at radius 3 is 2.45 bits per heavy atom. The van der Waals surface area contributed by atoms with Gasteiger partial charge in [-0.2, -0.15) is 5.10 Å². The molecule has 6 nitrogen and oxygen atoms in total. The van der Waals surface area contributed by atoms with Crippen molar-refractivity contribution in [2.24, 2.45) is 0 Å². The average molecular weight is 404 g/mol. The van der Waals surface area contributed by atoms with Crippen molar-refractivity contribution in [1.82, 2.24) is 19.7 Å². The highest BCUT2D eigenvalue weighted by Gasteiger charge is 2.13. The van der Waals surface area contributed by atoms with Gasteiger partial charge in [-0.3, -0.25) is 4.79 Å². The number of fused-ring (bicyclic) bond motifs is 1. The molecule has 7 heteroatoms. The lowest BCUT2D eigenvalue weighted by molar-refractivity contribution is -0.113. The first-order valence-electron chi connectivity index (χ1n) is 9.26. The van der Waals surface area contributed by atoms with Crippen molar-refractivity contribution in [2.75, 3.05) is 11.1 Å². The van der Waals surface area contributed by atoms with Crippen LogP contribution >= 0.6 is 11.8 Å². The van der Waals surface area contributed by atoms with Gasteiger partial charge in [0.2, 0.25) is 5.91 Å². The van der Waals surface area contributed by atoms with E-state index in [1.54, 1.807) is 10.9 Å². The molecular weight excluding hydrogens is 382 g/mol. The molecule has 2 heterocycles. The summed E-state index contributed by atoms with van der Waals surface area (Å²) in [5, 5.41) is 9.00. The van der Waals surface area contributed by atoms with Gasteiger partial charge in [-0.05, 0) is 56.2 Å². The van der Waals surface area contributed by atoms with Crippen LogP contribution in [0.1, 0.15) is 16.7 Å². The lowest BCUT2D eigenvalue weighted by Crippen LogP contribution is -2.14. The number of thioether (sulfide) groups is 1. The van der Waals surface area contributed by atoms with E-state index in [1.807, 2.05) is 57.2 Å². The molecule has 0 aliphatic carbocycles. The van der Waals surface area contributed by atoms with Gasteiger partial charge in [0, 0.05) is 5.69 Å². The summed E-state index contributed by atoms with van der Waals surface area (Å²) in [6.07, 6.45) is 3.26. The Bertz CT molecular complexity index is 1160. The van der Waals surface area contributed by atoms with Crippen LogP contribution in [-0.4, -0.2) is 31.4 Å². The van der Waals surface area contributed by atoms with E-state index in [2.05, 4.69) is 26.4 Å². The highest BCUT2D eigenvalue weighted by atomic mass is 32.2. The number of hydrogen-bond acceptors (Lipinski definition) is 5. The second-order valence-electron chi connectivity index (χ2n) is 7.02. The number of aryl methyl sites for hydroxylation is 3. The largest absolute Gasteiger partial charge is 0.325 e. The summed E-state index contributed by atoms with van der Waals surface area (Å²) in [6, 6.07) is 14.1. The Morgan fingerprint density at radius 1 is 1.00 bits per heavy atom. The van der Waals surface area contributed by atoms with Crippen LogP contribution < -0.4 is 5.32 Å². The topological polar surface area (TPSA) is 72.7 Å². The van der Waals surface area contributed by atoms with E-state index in [9.17, 15) is 4.79 Å². The molecule has 0 aliphatic rings. The monoisotopic (exact) mass is 403 g/mol. The molecular formula is C22H21N5OS. The van der Waals surface area contributed by atoms with Gasteiger partial charge in [-0.1, -0.05) is 35.5 Å². The lowest BCUT2D eigenvalue weighted by Gasteiger charge is -2.08. The number of carbonyl (C=O) groups excluding carboxylic acids is 1. The molecule has 2 aromatic carbocycles. The molecule has 4 aromatic rings. The second-order valence-corrected chi connectivity index (χ2v) is 7.99. The molecule has 2 aromatic heterocycles. The zero-order valence-electron chi connectivity index (χ0n) is 16.5. The molecule has 4 rings (SSSR count). The van der Waals surface area contributed by atoms with Crippen LogP contribution in [0.15, 0.2) is 60.0 Å². The van der Waals surface area contributed by atoms with Gasteiger partial charge >= 0.3 is 0 Å². The minimum atomic E-state index is -0.0716. The van der Waals surface area contributed by atoms with E-state index in [-0.39, 0.29) is 11.7 Å². The fourth-order valence-electron chi connectivity index (χ4n) is 3.19. The summed E-state index contributed by atoms with van der Waals surface area (Å²) < 4.78 is 1.79. The Morgan fingerprint density at radius 2 is 1.72 bits per heavy atom. The van der Waals surface area contributed by atoms with Gasteiger partial charge in [0.15, 0.2) is 5.65 Å². The first-order valence-corrected chi connectivity index (χ1v) is 10.2. The predicted octanol–water partition coefficient (Wildman–Crippen LogP) is 4.47. The van der Waals surface area contributed by atoms with Crippen LogP contribution in [0, 0.1) is 20.8 Å². The summed E-state index contributed by atoms with van der Waals surface area (Å²) in [6.45, 7) is 6.08. The smallest absolute Gasteiger partial charge is 0.234 e. The quantitative estimate of drug-likeness (QED) is 0.393. The van der Waals surface area contributed by atoms with Crippen LogP contribution in [0.25, 0.3) is 16.7 Å². The fraction of sp³-hybridized carbons (Fsp3) is 0.182. The second kappa shape index (κ2) is 8.05. The number of nitrogens with zero attached hydrogens (tertiary/aromatic N) is 4. The molecule has 0 unspecified atom stereocenters. The number of nitrogens with one attached hydrogen (secondary N) is 1. The maximum Gasteiger partial charge on any atom is 0.234 e. The van der Waals surface area contributed by atoms with Crippen molar-refractivity contribution in [3.05, 3.63) is 71.7 Å². The standard InChI is InChI=1S/C22H21N5OS/c1-14-4-6-18(7-5-14)27-21-19(11-25-27)22(24-13-23-21)29-12-20(28)26-17-9-15(2)8-16(3)10-17/h4-11,13H,12H2,1-3H3,(H,26,28). The summed E-state index contributed by atoms with van der Waals surface area (Å²) in [5.74, 6) is 0.187. The molecule has 0 bridgehead atoms. The average Bonchev–Trinajstić information content (AvgIpc) is 3.11. The van der Waals surface area contributed by atoms with Crippen LogP contribution in [0.4, 0.5) is 5.69 Å². The minimum Gasteiger partial charge on any atom is -0.325 e. The normalized spacial score (nSPS) is 11.0. The van der Waals surface area contributed by atoms with Crippen LogP contribution in [0.2, 0.25) is 0 Å². The number of carbonyl (C=O) groups is 1. The molecule has 1 amide bonds. The summed E-state index contributed by atoms with van der Waals surface area (Å²) >= 11 is 1.38. The zero-order valence-corrected chi connectivity index (χ0v) is 17.3. The number of rotatable bonds is 5. The molecule has 0 saturated heterocycles. The number of amides is 1. The Kier molecular flexibility index (Phi) is 5.31. The first-order chi connectivity index (χ1) is 14.0. The molecule has 146 valence electrons. The van der Waals surface area contributed by atoms with Gasteiger partial charge < -0.3 is 5.32 Å². The summed E-state index contributed by atoms with van der Waals surface area (Å²) in [4.78, 5) is 21.2. The van der Waals surface area contributed by atoms with E-state index in [1.165, 1.54) is 23.7 Å². The zero-order chi connectivity index (χ0) is 20.4. The van der Waals surface area contributed by atoms with E-state index in [0.29, 0.717) is 0 Å². The SMILES string of the molecule is Cc1ccc(-n2ncc3c(SCC(=O)Nc4cc(C)cc(C)c4)ncnc32)cc1. The van der Waals surface area contributed by atoms with Gasteiger partial charge in [-0.15, -0.1) is 0 Å². The molecule has 0 radical (unpaired) electrons. The van der Waals surface area contributed by atoms with Crippen molar-refractivity contribution >= 4 is 34.4 Å². The maximum absolute atomic E-state index is 12.4. The number of anilines is 1. The van der Waals surface area contributed by atoms with Crippen molar-refractivity contribution in [3.63, 3.8) is 0 Å². The lowest BCUT2D eigenvalue weighted by atomic mass is 10.1. The third-order valence-corrected chi connectivity index (χ3v) is 5.46. The van der Waals surface area contributed by atoms with E-state index in [0.717, 1.165) is 38.6 Å². The van der Waals surface area contributed by atoms with Crippen molar-refractivity contribution in [1.29, 1.82) is 0 Å². The Balaban J connectivity index is 1.51. The van der Waals surface area contributed by atoms with Crippen molar-refractivity contribution in [2.45, 2.75) is 25.8 Å². The number of benzene rings is 2. The fourth-order valence-corrected chi connectivity index (χ4v) is 3.95. The Labute approximate surface area is 173 Å². The van der Waals surface area contributed by atoms with E-state index >= 15 is 0 Å². The third-order valence-electron chi connectivity index (χ3n) is 4.45. The summed E-state index contributed by atoms with van der Waals surface area (Å²) in [5.41, 5.74) is 5.90. The van der Waals surface area contributed by atoms with Gasteiger partial charge in [-0.25, -0.2) is 14.6 Å². The minimum absolute atomic E-state index is 0.0716. The van der Waals surface area contributed by atoms with Crippen molar-refractivity contribution in [3.8, 4) is 5.69 Å². The molecule has 0 aliphatic heterocycles. The molecule has 1 N–H and O–H groups in total. The number of aromatic nitrogens is 4. The van der Waals surface area contributed by atoms with Gasteiger partial charge in [0.05, 0.1) is 23.0 Å². The summed E-state index contributed by atoms with van der Waals surface area (Å²) in [7, 11) is 0. The highest BCUT2D eigenvalue weighted by Crippen LogP contribution is 2.26.